The molecule has 0 fully saturated rings. The van der Waals surface area contributed by atoms with E-state index in [0.29, 0.717) is 5.57 Å². The number of allylic oxidation sites excluding steroid dienone is 2. The first-order valence-corrected chi connectivity index (χ1v) is 7.64. The molecular formula is C20H15F3N2O. The van der Waals surface area contributed by atoms with Gasteiger partial charge in [0, 0.05) is 0 Å². The van der Waals surface area contributed by atoms with Crippen LogP contribution < -0.4 is 5.32 Å². The summed E-state index contributed by atoms with van der Waals surface area (Å²) in [6.45, 7) is 1.70. The molecule has 132 valence electrons. The van der Waals surface area contributed by atoms with Crippen molar-refractivity contribution in [1.29, 1.82) is 5.26 Å². The minimum atomic E-state index is -4.61. The molecule has 2 aromatic rings. The molecule has 0 heterocycles. The largest absolute Gasteiger partial charge is 0.418 e. The molecule has 0 aromatic heterocycles. The summed E-state index contributed by atoms with van der Waals surface area (Å²) in [5.74, 6) is -0.898. The van der Waals surface area contributed by atoms with Crippen LogP contribution in [0, 0.1) is 11.3 Å². The predicted octanol–water partition coefficient (Wildman–Crippen LogP) is 5.20. The number of amides is 1. The topological polar surface area (TPSA) is 52.9 Å². The maximum absolute atomic E-state index is 13.0. The fourth-order valence-electron chi connectivity index (χ4n) is 2.26. The average molecular weight is 356 g/mol. The lowest BCUT2D eigenvalue weighted by Crippen LogP contribution is -2.17. The van der Waals surface area contributed by atoms with Gasteiger partial charge < -0.3 is 5.32 Å². The van der Waals surface area contributed by atoms with E-state index in [1.807, 2.05) is 30.3 Å². The first-order valence-electron chi connectivity index (χ1n) is 7.64. The Morgan fingerprint density at radius 1 is 1.08 bits per heavy atom. The number of alkyl halides is 3. The lowest BCUT2D eigenvalue weighted by atomic mass is 10.1. The van der Waals surface area contributed by atoms with Crippen LogP contribution in [-0.2, 0) is 11.0 Å². The lowest BCUT2D eigenvalue weighted by Gasteiger charge is -2.13. The summed E-state index contributed by atoms with van der Waals surface area (Å²) in [5.41, 5.74) is -0.155. The minimum absolute atomic E-state index is 0.286. The summed E-state index contributed by atoms with van der Waals surface area (Å²) >= 11 is 0. The number of rotatable bonds is 4. The molecule has 0 aliphatic rings. The van der Waals surface area contributed by atoms with Gasteiger partial charge in [0.15, 0.2) is 0 Å². The zero-order valence-corrected chi connectivity index (χ0v) is 13.8. The molecule has 1 amide bonds. The number of hydrogen-bond acceptors (Lipinski definition) is 2. The number of anilines is 1. The number of carbonyl (C=O) groups is 1. The molecule has 2 rings (SSSR count). The Bertz CT molecular complexity index is 891. The fraction of sp³-hybridized carbons (Fsp3) is 0.100. The van der Waals surface area contributed by atoms with Crippen LogP contribution in [0.5, 0.6) is 0 Å². The Balaban J connectivity index is 2.25. The standard InChI is InChI=1S/C20H15F3N2O/c1-14(11-15-7-3-2-4-8-15)12-16(13-24)19(26)25-18-10-6-5-9-17(18)20(21,22)23/h2-12H,1H3,(H,25,26)/b14-11+,16-12-. The van der Waals surface area contributed by atoms with Gasteiger partial charge >= 0.3 is 6.18 Å². The third-order valence-electron chi connectivity index (χ3n) is 3.41. The van der Waals surface area contributed by atoms with Crippen LogP contribution in [0.4, 0.5) is 18.9 Å². The number of nitriles is 1. The van der Waals surface area contributed by atoms with Crippen molar-refractivity contribution in [1.82, 2.24) is 0 Å². The maximum atomic E-state index is 13.0. The Kier molecular flexibility index (Phi) is 5.97. The van der Waals surface area contributed by atoms with Crippen LogP contribution in [-0.4, -0.2) is 5.91 Å². The first-order chi connectivity index (χ1) is 12.3. The summed E-state index contributed by atoms with van der Waals surface area (Å²) in [4.78, 5) is 12.2. The maximum Gasteiger partial charge on any atom is 0.418 e. The van der Waals surface area contributed by atoms with Crippen molar-refractivity contribution in [3.05, 3.63) is 82.9 Å². The van der Waals surface area contributed by atoms with Crippen molar-refractivity contribution < 1.29 is 18.0 Å². The molecule has 0 radical (unpaired) electrons. The molecule has 0 bridgehead atoms. The van der Waals surface area contributed by atoms with Gasteiger partial charge in [0.05, 0.1) is 11.3 Å². The van der Waals surface area contributed by atoms with Crippen molar-refractivity contribution >= 4 is 17.7 Å². The SMILES string of the molecule is CC(/C=C(/C#N)C(=O)Nc1ccccc1C(F)(F)F)=C\c1ccccc1. The zero-order chi connectivity index (χ0) is 19.2. The van der Waals surface area contributed by atoms with E-state index in [-0.39, 0.29) is 5.57 Å². The predicted molar refractivity (Wildman–Crippen MR) is 93.9 cm³/mol. The molecule has 2 aromatic carbocycles. The number of benzene rings is 2. The highest BCUT2D eigenvalue weighted by Crippen LogP contribution is 2.34. The van der Waals surface area contributed by atoms with Crippen LogP contribution in [0.25, 0.3) is 6.08 Å². The zero-order valence-electron chi connectivity index (χ0n) is 13.8. The van der Waals surface area contributed by atoms with Crippen LogP contribution in [0.1, 0.15) is 18.1 Å². The van der Waals surface area contributed by atoms with E-state index in [4.69, 9.17) is 0 Å². The highest BCUT2D eigenvalue weighted by molar-refractivity contribution is 6.07. The summed E-state index contributed by atoms with van der Waals surface area (Å²) in [7, 11) is 0. The normalized spacial score (nSPS) is 12.4. The third-order valence-corrected chi connectivity index (χ3v) is 3.41. The molecule has 0 atom stereocenters. The first kappa shape index (κ1) is 19.0. The van der Waals surface area contributed by atoms with E-state index in [9.17, 15) is 23.2 Å². The summed E-state index contributed by atoms with van der Waals surface area (Å²) < 4.78 is 39.0. The smallest absolute Gasteiger partial charge is 0.321 e. The van der Waals surface area contributed by atoms with E-state index in [1.54, 1.807) is 19.1 Å². The summed E-state index contributed by atoms with van der Waals surface area (Å²) in [5, 5.41) is 11.4. The lowest BCUT2D eigenvalue weighted by molar-refractivity contribution is -0.137. The highest BCUT2D eigenvalue weighted by atomic mass is 19.4. The summed E-state index contributed by atoms with van der Waals surface area (Å²) in [6.07, 6.45) is -1.52. The van der Waals surface area contributed by atoms with Crippen LogP contribution >= 0.6 is 0 Å². The number of carbonyl (C=O) groups excluding carboxylic acids is 1. The second-order valence-electron chi connectivity index (χ2n) is 5.47. The van der Waals surface area contributed by atoms with Crippen molar-refractivity contribution in [2.75, 3.05) is 5.32 Å². The Morgan fingerprint density at radius 2 is 1.69 bits per heavy atom. The van der Waals surface area contributed by atoms with E-state index in [1.165, 1.54) is 18.2 Å². The van der Waals surface area contributed by atoms with Gasteiger partial charge in [0.2, 0.25) is 0 Å². The van der Waals surface area contributed by atoms with Gasteiger partial charge in [-0.05, 0) is 36.3 Å². The second kappa shape index (κ2) is 8.17. The van der Waals surface area contributed by atoms with Crippen LogP contribution in [0.2, 0.25) is 0 Å². The number of nitrogens with one attached hydrogen (secondary N) is 1. The summed E-state index contributed by atoms with van der Waals surface area (Å²) in [6, 6.07) is 15.6. The van der Waals surface area contributed by atoms with Gasteiger partial charge in [0.1, 0.15) is 11.6 Å². The van der Waals surface area contributed by atoms with Gasteiger partial charge in [-0.1, -0.05) is 48.5 Å². The third kappa shape index (κ3) is 5.08. The van der Waals surface area contributed by atoms with Crippen LogP contribution in [0.15, 0.2) is 71.8 Å². The highest BCUT2D eigenvalue weighted by Gasteiger charge is 2.33. The number of hydrogen-bond donors (Lipinski definition) is 1. The van der Waals surface area contributed by atoms with Gasteiger partial charge in [-0.25, -0.2) is 0 Å². The van der Waals surface area contributed by atoms with Gasteiger partial charge in [0.25, 0.3) is 5.91 Å². The van der Waals surface area contributed by atoms with E-state index in [2.05, 4.69) is 5.32 Å². The molecule has 6 heteroatoms. The molecular weight excluding hydrogens is 341 g/mol. The Morgan fingerprint density at radius 3 is 2.31 bits per heavy atom. The minimum Gasteiger partial charge on any atom is -0.321 e. The van der Waals surface area contributed by atoms with Crippen LogP contribution in [0.3, 0.4) is 0 Å². The van der Waals surface area contributed by atoms with Crippen molar-refractivity contribution in [2.45, 2.75) is 13.1 Å². The number of para-hydroxylation sites is 1. The average Bonchev–Trinajstić information content (AvgIpc) is 2.60. The van der Waals surface area contributed by atoms with Crippen molar-refractivity contribution in [2.24, 2.45) is 0 Å². The molecule has 0 aliphatic carbocycles. The van der Waals surface area contributed by atoms with E-state index in [0.717, 1.165) is 17.7 Å². The molecule has 1 N–H and O–H groups in total. The second-order valence-corrected chi connectivity index (χ2v) is 5.47. The van der Waals surface area contributed by atoms with Gasteiger partial charge in [-0.15, -0.1) is 0 Å². The van der Waals surface area contributed by atoms with Gasteiger partial charge in [-0.2, -0.15) is 18.4 Å². The Labute approximate surface area is 149 Å². The Hall–Kier alpha value is -3.33. The molecule has 0 saturated carbocycles. The van der Waals surface area contributed by atoms with Gasteiger partial charge in [-0.3, -0.25) is 4.79 Å². The van der Waals surface area contributed by atoms with E-state index >= 15 is 0 Å². The monoisotopic (exact) mass is 356 g/mol. The molecule has 3 nitrogen and oxygen atoms in total. The number of halogens is 3. The van der Waals surface area contributed by atoms with Crippen molar-refractivity contribution in [3.63, 3.8) is 0 Å². The molecule has 0 spiro atoms. The number of nitrogens with zero attached hydrogens (tertiary/aromatic N) is 1. The molecule has 0 aliphatic heterocycles. The quantitative estimate of drug-likeness (QED) is 0.465. The van der Waals surface area contributed by atoms with E-state index < -0.39 is 23.3 Å². The molecule has 0 saturated heterocycles. The molecule has 0 unspecified atom stereocenters. The van der Waals surface area contributed by atoms with Crippen molar-refractivity contribution in [3.8, 4) is 6.07 Å². The molecule has 26 heavy (non-hydrogen) atoms. The fourth-order valence-corrected chi connectivity index (χ4v) is 2.26.